The number of nitrogens with two attached hydrogens (primary N) is 1. The minimum Gasteiger partial charge on any atom is -0.349 e. The first kappa shape index (κ1) is 14.6. The maximum atomic E-state index is 12.4. The molecular weight excluding hydrogens is 248 g/mol. The molecule has 0 radical (unpaired) electrons. The van der Waals surface area contributed by atoms with Gasteiger partial charge in [-0.05, 0) is 30.9 Å². The Morgan fingerprint density at radius 2 is 2.10 bits per heavy atom. The van der Waals surface area contributed by atoms with Crippen molar-refractivity contribution in [1.82, 2.24) is 5.32 Å². The van der Waals surface area contributed by atoms with E-state index in [1.807, 2.05) is 24.3 Å². The molecule has 20 heavy (non-hydrogen) atoms. The number of benzene rings is 1. The first-order valence-corrected chi connectivity index (χ1v) is 7.31. The Morgan fingerprint density at radius 3 is 2.85 bits per heavy atom. The monoisotopic (exact) mass is 270 g/mol. The fourth-order valence-corrected chi connectivity index (χ4v) is 2.71. The van der Waals surface area contributed by atoms with E-state index in [2.05, 4.69) is 24.1 Å². The minimum atomic E-state index is -0.0225. The molecule has 2 atom stereocenters. The molecule has 3 nitrogen and oxygen atoms in total. The van der Waals surface area contributed by atoms with Gasteiger partial charge in [-0.1, -0.05) is 43.7 Å². The minimum absolute atomic E-state index is 0.0225. The molecular formula is C17H22N2O. The molecule has 1 aromatic carbocycles. The first-order chi connectivity index (χ1) is 9.72. The number of hydrogen-bond acceptors (Lipinski definition) is 2. The third-order valence-electron chi connectivity index (χ3n) is 3.92. The summed E-state index contributed by atoms with van der Waals surface area (Å²) in [6.45, 7) is 2.51. The van der Waals surface area contributed by atoms with Crippen molar-refractivity contribution in [2.45, 2.75) is 38.6 Å². The van der Waals surface area contributed by atoms with E-state index < -0.39 is 0 Å². The van der Waals surface area contributed by atoms with Crippen LogP contribution in [0.5, 0.6) is 0 Å². The summed E-state index contributed by atoms with van der Waals surface area (Å²) in [5.74, 6) is 6.30. The Morgan fingerprint density at radius 1 is 1.35 bits per heavy atom. The number of nitrogens with one attached hydrogen (secondary N) is 1. The Hall–Kier alpha value is -1.79. The van der Waals surface area contributed by atoms with Gasteiger partial charge in [0.15, 0.2) is 0 Å². The highest BCUT2D eigenvalue weighted by Crippen LogP contribution is 2.24. The molecule has 1 amide bonds. The molecule has 1 aromatic rings. The van der Waals surface area contributed by atoms with Crippen LogP contribution in [0, 0.1) is 17.8 Å². The number of rotatable bonds is 2. The molecule has 0 aliphatic heterocycles. The van der Waals surface area contributed by atoms with Crippen LogP contribution in [0.3, 0.4) is 0 Å². The molecule has 1 aliphatic carbocycles. The van der Waals surface area contributed by atoms with Crippen molar-refractivity contribution in [2.24, 2.45) is 11.7 Å². The van der Waals surface area contributed by atoms with Gasteiger partial charge in [-0.25, -0.2) is 0 Å². The lowest BCUT2D eigenvalue weighted by Crippen LogP contribution is -2.41. The van der Waals surface area contributed by atoms with Crippen LogP contribution < -0.4 is 11.1 Å². The van der Waals surface area contributed by atoms with E-state index in [4.69, 9.17) is 5.73 Å². The van der Waals surface area contributed by atoms with Gasteiger partial charge in [0.2, 0.25) is 0 Å². The lowest BCUT2D eigenvalue weighted by Gasteiger charge is -2.29. The molecule has 1 aliphatic rings. The van der Waals surface area contributed by atoms with Gasteiger partial charge in [0.1, 0.15) is 0 Å². The predicted octanol–water partition coefficient (Wildman–Crippen LogP) is 2.31. The van der Waals surface area contributed by atoms with Crippen molar-refractivity contribution in [2.75, 3.05) is 6.54 Å². The second-order valence-electron chi connectivity index (χ2n) is 5.39. The molecule has 1 fully saturated rings. The molecule has 2 unspecified atom stereocenters. The van der Waals surface area contributed by atoms with Crippen LogP contribution in [0.15, 0.2) is 24.3 Å². The Balaban J connectivity index is 2.12. The molecule has 0 aromatic heterocycles. The van der Waals surface area contributed by atoms with E-state index in [1.54, 1.807) is 0 Å². The van der Waals surface area contributed by atoms with Crippen LogP contribution >= 0.6 is 0 Å². The second kappa shape index (κ2) is 7.12. The van der Waals surface area contributed by atoms with Crippen LogP contribution in [0.2, 0.25) is 0 Å². The first-order valence-electron chi connectivity index (χ1n) is 7.31. The quantitative estimate of drug-likeness (QED) is 0.810. The van der Waals surface area contributed by atoms with Gasteiger partial charge in [-0.15, -0.1) is 0 Å². The zero-order chi connectivity index (χ0) is 14.4. The van der Waals surface area contributed by atoms with Gasteiger partial charge in [0.05, 0.1) is 12.1 Å². The van der Waals surface area contributed by atoms with Crippen molar-refractivity contribution >= 4 is 5.91 Å². The lowest BCUT2D eigenvalue weighted by molar-refractivity contribution is 0.0910. The van der Waals surface area contributed by atoms with Crippen molar-refractivity contribution < 1.29 is 4.79 Å². The summed E-state index contributed by atoms with van der Waals surface area (Å²) in [5, 5.41) is 3.16. The topological polar surface area (TPSA) is 55.1 Å². The van der Waals surface area contributed by atoms with Gasteiger partial charge in [-0.2, -0.15) is 0 Å². The summed E-state index contributed by atoms with van der Waals surface area (Å²) in [6.07, 6.45) is 4.74. The zero-order valence-electron chi connectivity index (χ0n) is 12.0. The maximum absolute atomic E-state index is 12.4. The average molecular weight is 270 g/mol. The molecule has 3 N–H and O–H groups in total. The molecule has 3 heteroatoms. The summed E-state index contributed by atoms with van der Waals surface area (Å²) in [4.78, 5) is 12.4. The molecule has 0 heterocycles. The third kappa shape index (κ3) is 3.61. The smallest absolute Gasteiger partial charge is 0.252 e. The van der Waals surface area contributed by atoms with Crippen molar-refractivity contribution in [1.29, 1.82) is 0 Å². The van der Waals surface area contributed by atoms with Crippen molar-refractivity contribution in [3.63, 3.8) is 0 Å². The molecule has 106 valence electrons. The summed E-state index contributed by atoms with van der Waals surface area (Å²) < 4.78 is 0. The van der Waals surface area contributed by atoms with Crippen molar-refractivity contribution in [3.8, 4) is 11.8 Å². The van der Waals surface area contributed by atoms with Gasteiger partial charge in [0.25, 0.3) is 5.91 Å². The second-order valence-corrected chi connectivity index (χ2v) is 5.39. The fraction of sp³-hybridized carbons (Fsp3) is 0.471. The Labute approximate surface area is 120 Å². The zero-order valence-corrected chi connectivity index (χ0v) is 12.0. The normalized spacial score (nSPS) is 21.7. The largest absolute Gasteiger partial charge is 0.349 e. The highest BCUT2D eigenvalue weighted by Gasteiger charge is 2.23. The standard InChI is InChI=1S/C17H22N2O/c1-13-7-2-5-11-16(13)19-17(20)15-10-4-3-8-14(15)9-6-12-18/h3-4,8,10,13,16H,2,5,7,11-12,18H2,1H3,(H,19,20). The highest BCUT2D eigenvalue weighted by atomic mass is 16.1. The molecule has 0 saturated heterocycles. The summed E-state index contributed by atoms with van der Waals surface area (Å²) in [5.41, 5.74) is 6.79. The van der Waals surface area contributed by atoms with Crippen LogP contribution in [0.1, 0.15) is 48.5 Å². The van der Waals surface area contributed by atoms with Gasteiger partial charge >= 0.3 is 0 Å². The SMILES string of the molecule is CC1CCCCC1NC(=O)c1ccccc1C#CCN. The van der Waals surface area contributed by atoms with E-state index >= 15 is 0 Å². The van der Waals surface area contributed by atoms with Crippen molar-refractivity contribution in [3.05, 3.63) is 35.4 Å². The Kier molecular flexibility index (Phi) is 5.20. The van der Waals surface area contributed by atoms with Gasteiger partial charge in [-0.3, -0.25) is 4.79 Å². The molecule has 1 saturated carbocycles. The van der Waals surface area contributed by atoms with E-state index in [9.17, 15) is 4.79 Å². The fourth-order valence-electron chi connectivity index (χ4n) is 2.71. The van der Waals surface area contributed by atoms with E-state index in [0.29, 0.717) is 18.0 Å². The summed E-state index contributed by atoms with van der Waals surface area (Å²) >= 11 is 0. The van der Waals surface area contributed by atoms with Crippen LogP contribution in [-0.4, -0.2) is 18.5 Å². The number of carbonyl (C=O) groups excluding carboxylic acids is 1. The van der Waals surface area contributed by atoms with E-state index in [1.165, 1.54) is 19.3 Å². The van der Waals surface area contributed by atoms with E-state index in [-0.39, 0.29) is 11.9 Å². The Bertz CT molecular complexity index is 527. The van der Waals surface area contributed by atoms with Crippen LogP contribution in [-0.2, 0) is 0 Å². The average Bonchev–Trinajstić information content (AvgIpc) is 2.47. The predicted molar refractivity (Wildman–Crippen MR) is 81.3 cm³/mol. The number of carbonyl (C=O) groups is 1. The highest BCUT2D eigenvalue weighted by molar-refractivity contribution is 5.96. The molecule has 0 spiro atoms. The van der Waals surface area contributed by atoms with Gasteiger partial charge in [0, 0.05) is 11.6 Å². The maximum Gasteiger partial charge on any atom is 0.252 e. The molecule has 0 bridgehead atoms. The number of hydrogen-bond donors (Lipinski definition) is 2. The van der Waals surface area contributed by atoms with Gasteiger partial charge < -0.3 is 11.1 Å². The van der Waals surface area contributed by atoms with E-state index in [0.717, 1.165) is 12.0 Å². The number of amides is 1. The van der Waals surface area contributed by atoms with Crippen LogP contribution in [0.4, 0.5) is 0 Å². The lowest BCUT2D eigenvalue weighted by atomic mass is 9.86. The third-order valence-corrected chi connectivity index (χ3v) is 3.92. The molecule has 2 rings (SSSR count). The summed E-state index contributed by atoms with van der Waals surface area (Å²) in [6, 6.07) is 7.73. The summed E-state index contributed by atoms with van der Waals surface area (Å²) in [7, 11) is 0. The van der Waals surface area contributed by atoms with Crippen LogP contribution in [0.25, 0.3) is 0 Å².